The van der Waals surface area contributed by atoms with Crippen LogP contribution in [0.1, 0.15) is 5.56 Å². The van der Waals surface area contributed by atoms with E-state index in [0.717, 1.165) is 11.8 Å². The maximum absolute atomic E-state index is 13.3. The maximum atomic E-state index is 13.3. The number of rotatable bonds is 2. The van der Waals surface area contributed by atoms with E-state index in [1.54, 1.807) is 24.3 Å². The van der Waals surface area contributed by atoms with Crippen molar-refractivity contribution in [3.8, 4) is 0 Å². The van der Waals surface area contributed by atoms with Gasteiger partial charge in [0.2, 0.25) is 0 Å². The Morgan fingerprint density at radius 2 is 1.75 bits per heavy atom. The third-order valence-electron chi connectivity index (χ3n) is 3.23. The summed E-state index contributed by atoms with van der Waals surface area (Å²) >= 11 is 24.4. The molecule has 2 nitrogen and oxygen atoms in total. The number of carbonyl (C=O) groups excluding carboxylic acids is 1. The van der Waals surface area contributed by atoms with Gasteiger partial charge in [0.1, 0.15) is 5.82 Å². The first-order valence-corrected chi connectivity index (χ1v) is 8.91. The van der Waals surface area contributed by atoms with Gasteiger partial charge in [-0.2, -0.15) is 0 Å². The highest BCUT2D eigenvalue weighted by Crippen LogP contribution is 2.38. The number of thiocarbonyl (C=S) groups is 1. The molecule has 1 heterocycles. The molecule has 0 N–H and O–H groups in total. The Morgan fingerprint density at radius 1 is 1.08 bits per heavy atom. The topological polar surface area (TPSA) is 20.3 Å². The minimum Gasteiger partial charge on any atom is -0.268 e. The zero-order valence-corrected chi connectivity index (χ0v) is 15.6. The molecule has 2 aromatic carbocycles. The number of hydrogen-bond donors (Lipinski definition) is 0. The van der Waals surface area contributed by atoms with Crippen LogP contribution in [-0.4, -0.2) is 10.2 Å². The molecular formula is C16H7Cl3FNOS2. The summed E-state index contributed by atoms with van der Waals surface area (Å²) in [5, 5.41) is 0.773. The smallest absolute Gasteiger partial charge is 0.268 e. The Morgan fingerprint density at radius 3 is 2.38 bits per heavy atom. The van der Waals surface area contributed by atoms with Gasteiger partial charge in [0.25, 0.3) is 5.91 Å². The van der Waals surface area contributed by atoms with Crippen LogP contribution in [0.3, 0.4) is 0 Å². The number of thioether (sulfide) groups is 1. The molecule has 122 valence electrons. The van der Waals surface area contributed by atoms with Gasteiger partial charge in [-0.1, -0.05) is 64.8 Å². The molecule has 0 saturated carbocycles. The first kappa shape index (κ1) is 17.7. The van der Waals surface area contributed by atoms with Crippen LogP contribution in [0, 0.1) is 5.82 Å². The van der Waals surface area contributed by atoms with Crippen molar-refractivity contribution in [1.29, 1.82) is 0 Å². The SMILES string of the molecule is O=C1C(=Cc2c(Cl)cccc2Cl)SC(=S)N1c1ccc(F)c(Cl)c1. The molecule has 0 radical (unpaired) electrons. The van der Waals surface area contributed by atoms with Crippen molar-refractivity contribution < 1.29 is 9.18 Å². The van der Waals surface area contributed by atoms with Crippen LogP contribution in [0.4, 0.5) is 10.1 Å². The molecule has 3 rings (SSSR count). The highest BCUT2D eigenvalue weighted by atomic mass is 35.5. The minimum atomic E-state index is -0.566. The molecule has 0 bridgehead atoms. The zero-order chi connectivity index (χ0) is 17.4. The molecule has 1 aliphatic heterocycles. The van der Waals surface area contributed by atoms with Crippen LogP contribution in [0.25, 0.3) is 6.08 Å². The second-order valence-corrected chi connectivity index (χ2v) is 7.65. The molecule has 1 aliphatic rings. The summed E-state index contributed by atoms with van der Waals surface area (Å²) in [6, 6.07) is 9.06. The Bertz CT molecular complexity index is 881. The molecule has 0 aromatic heterocycles. The van der Waals surface area contributed by atoms with Gasteiger partial charge in [-0.05, 0) is 36.4 Å². The van der Waals surface area contributed by atoms with E-state index in [4.69, 9.17) is 47.0 Å². The second-order valence-electron chi connectivity index (χ2n) is 4.75. The average molecular weight is 419 g/mol. The van der Waals surface area contributed by atoms with Crippen molar-refractivity contribution in [3.05, 3.63) is 67.8 Å². The minimum absolute atomic E-state index is 0.0836. The highest BCUT2D eigenvalue weighted by molar-refractivity contribution is 8.27. The molecule has 24 heavy (non-hydrogen) atoms. The lowest BCUT2D eigenvalue weighted by Crippen LogP contribution is -2.27. The number of hydrogen-bond acceptors (Lipinski definition) is 3. The van der Waals surface area contributed by atoms with Crippen LogP contribution in [0.2, 0.25) is 15.1 Å². The van der Waals surface area contributed by atoms with Crippen LogP contribution in [0.5, 0.6) is 0 Å². The Kier molecular flexibility index (Phi) is 5.18. The molecule has 0 unspecified atom stereocenters. The fourth-order valence-electron chi connectivity index (χ4n) is 2.09. The number of benzene rings is 2. The average Bonchev–Trinajstić information content (AvgIpc) is 2.80. The monoisotopic (exact) mass is 417 g/mol. The molecule has 8 heteroatoms. The van der Waals surface area contributed by atoms with Crippen molar-refractivity contribution in [2.75, 3.05) is 4.90 Å². The summed E-state index contributed by atoms with van der Waals surface area (Å²) in [6.45, 7) is 0. The van der Waals surface area contributed by atoms with Gasteiger partial charge in [0, 0.05) is 15.6 Å². The third kappa shape index (κ3) is 3.32. The van der Waals surface area contributed by atoms with E-state index < -0.39 is 5.82 Å². The number of nitrogens with zero attached hydrogens (tertiary/aromatic N) is 1. The van der Waals surface area contributed by atoms with E-state index in [9.17, 15) is 9.18 Å². The van der Waals surface area contributed by atoms with E-state index in [1.807, 2.05) is 0 Å². The lowest BCUT2D eigenvalue weighted by Gasteiger charge is -2.14. The lowest BCUT2D eigenvalue weighted by molar-refractivity contribution is -0.113. The van der Waals surface area contributed by atoms with Crippen LogP contribution in [0.15, 0.2) is 41.3 Å². The van der Waals surface area contributed by atoms with Crippen molar-refractivity contribution in [2.45, 2.75) is 0 Å². The fraction of sp³-hybridized carbons (Fsp3) is 0. The van der Waals surface area contributed by atoms with Gasteiger partial charge in [-0.15, -0.1) is 0 Å². The maximum Gasteiger partial charge on any atom is 0.270 e. The van der Waals surface area contributed by atoms with E-state index in [-0.39, 0.29) is 10.9 Å². The normalized spacial score (nSPS) is 16.3. The summed E-state index contributed by atoms with van der Waals surface area (Å²) in [4.78, 5) is 14.3. The number of halogens is 4. The molecule has 0 atom stereocenters. The summed E-state index contributed by atoms with van der Waals surface area (Å²) in [7, 11) is 0. The summed E-state index contributed by atoms with van der Waals surface area (Å²) in [5.41, 5.74) is 0.941. The molecule has 1 fully saturated rings. The molecule has 0 spiro atoms. The van der Waals surface area contributed by atoms with Crippen LogP contribution >= 0.6 is 58.8 Å². The largest absolute Gasteiger partial charge is 0.270 e. The van der Waals surface area contributed by atoms with Crippen molar-refractivity contribution in [3.63, 3.8) is 0 Å². The highest BCUT2D eigenvalue weighted by Gasteiger charge is 2.33. The third-order valence-corrected chi connectivity index (χ3v) is 5.48. The molecule has 0 aliphatic carbocycles. The summed E-state index contributed by atoms with van der Waals surface area (Å²) in [6.07, 6.45) is 1.59. The molecule has 2 aromatic rings. The van der Waals surface area contributed by atoms with E-state index in [2.05, 4.69) is 0 Å². The molecule has 1 amide bonds. The predicted octanol–water partition coefficient (Wildman–Crippen LogP) is 6.19. The molecular weight excluding hydrogens is 412 g/mol. The second kappa shape index (κ2) is 7.02. The zero-order valence-electron chi connectivity index (χ0n) is 11.7. The van der Waals surface area contributed by atoms with Crippen molar-refractivity contribution in [1.82, 2.24) is 0 Å². The van der Waals surface area contributed by atoms with Gasteiger partial charge >= 0.3 is 0 Å². The number of carbonyl (C=O) groups is 1. The van der Waals surface area contributed by atoms with Crippen molar-refractivity contribution >= 4 is 80.8 Å². The number of anilines is 1. The lowest BCUT2D eigenvalue weighted by atomic mass is 10.2. The number of amides is 1. The summed E-state index contributed by atoms with van der Waals surface area (Å²) in [5.74, 6) is -0.909. The van der Waals surface area contributed by atoms with Crippen molar-refractivity contribution in [2.24, 2.45) is 0 Å². The van der Waals surface area contributed by atoms with Crippen LogP contribution in [-0.2, 0) is 4.79 Å². The van der Waals surface area contributed by atoms with Crippen LogP contribution < -0.4 is 4.90 Å². The Balaban J connectivity index is 2.00. The van der Waals surface area contributed by atoms with Gasteiger partial charge in [0.05, 0.1) is 15.6 Å². The van der Waals surface area contributed by atoms with E-state index in [0.29, 0.717) is 30.5 Å². The standard InChI is InChI=1S/C16H7Cl3FNOS2/c17-10-2-1-3-11(18)9(10)7-14-15(22)21(16(23)24-14)8-4-5-13(20)12(19)6-8/h1-7H. The molecule has 1 saturated heterocycles. The first-order valence-electron chi connectivity index (χ1n) is 6.55. The van der Waals surface area contributed by atoms with Gasteiger partial charge in [0.15, 0.2) is 4.32 Å². The van der Waals surface area contributed by atoms with Gasteiger partial charge < -0.3 is 0 Å². The first-order chi connectivity index (χ1) is 11.4. The van der Waals surface area contributed by atoms with E-state index >= 15 is 0 Å². The quantitative estimate of drug-likeness (QED) is 0.428. The fourth-order valence-corrected chi connectivity index (χ4v) is 4.06. The van der Waals surface area contributed by atoms with Gasteiger partial charge in [-0.3, -0.25) is 9.69 Å². The Labute approximate surface area is 162 Å². The predicted molar refractivity (Wildman–Crippen MR) is 104 cm³/mol. The summed E-state index contributed by atoms with van der Waals surface area (Å²) < 4.78 is 13.6. The Hall–Kier alpha value is -1.11. The van der Waals surface area contributed by atoms with Gasteiger partial charge in [-0.25, -0.2) is 4.39 Å². The van der Waals surface area contributed by atoms with E-state index in [1.165, 1.54) is 23.1 Å².